The van der Waals surface area contributed by atoms with Crippen LogP contribution in [-0.4, -0.2) is 11.7 Å². The van der Waals surface area contributed by atoms with Gasteiger partial charge in [0.25, 0.3) is 0 Å². The van der Waals surface area contributed by atoms with E-state index >= 15 is 0 Å². The van der Waals surface area contributed by atoms with Crippen LogP contribution in [0.1, 0.15) is 25.0 Å². The number of hydrogen-bond acceptors (Lipinski definition) is 2. The highest BCUT2D eigenvalue weighted by Crippen LogP contribution is 2.19. The van der Waals surface area contributed by atoms with Gasteiger partial charge in [0, 0.05) is 5.54 Å². The summed E-state index contributed by atoms with van der Waals surface area (Å²) in [6.07, 6.45) is 2.05. The fourth-order valence-corrected chi connectivity index (χ4v) is 1.28. The van der Waals surface area contributed by atoms with Gasteiger partial charge in [0.2, 0.25) is 0 Å². The van der Waals surface area contributed by atoms with Crippen LogP contribution < -0.4 is 4.74 Å². The van der Waals surface area contributed by atoms with E-state index in [2.05, 4.69) is 0 Å². The normalized spacial score (nSPS) is 13.0. The molecule has 0 aliphatic heterocycles. The van der Waals surface area contributed by atoms with Gasteiger partial charge in [-0.1, -0.05) is 30.7 Å². The first kappa shape index (κ1) is 12.1. The summed E-state index contributed by atoms with van der Waals surface area (Å²) in [4.78, 5) is 0. The number of rotatable bonds is 5. The Bertz CT molecular complexity index is 306. The minimum absolute atomic E-state index is 0.387. The van der Waals surface area contributed by atoms with E-state index in [9.17, 15) is 5.11 Å². The lowest BCUT2D eigenvalue weighted by atomic mass is 10.1. The lowest BCUT2D eigenvalue weighted by molar-refractivity contribution is 0.173. The van der Waals surface area contributed by atoms with Gasteiger partial charge in [0.05, 0.1) is 6.10 Å². The summed E-state index contributed by atoms with van der Waals surface area (Å²) in [7, 11) is 0. The molecule has 0 bridgehead atoms. The summed E-state index contributed by atoms with van der Waals surface area (Å²) in [5.41, 5.74) is 2.34. The monoisotopic (exact) mass is 226 g/mol. The zero-order chi connectivity index (χ0) is 11.1. The van der Waals surface area contributed by atoms with E-state index in [0.717, 1.165) is 17.7 Å². The summed E-state index contributed by atoms with van der Waals surface area (Å²) in [6, 6.07) is 7.42. The zero-order valence-corrected chi connectivity index (χ0v) is 9.45. The van der Waals surface area contributed by atoms with E-state index in [1.54, 1.807) is 6.08 Å². The molecule has 0 aromatic heterocycles. The Kier molecular flexibility index (Phi) is 5.22. The van der Waals surface area contributed by atoms with Crippen molar-refractivity contribution in [3.63, 3.8) is 0 Å². The number of ether oxygens (including phenoxy) is 1. The molecule has 0 fully saturated rings. The van der Waals surface area contributed by atoms with Crippen LogP contribution in [0, 0.1) is 0 Å². The van der Waals surface area contributed by atoms with Gasteiger partial charge in [-0.25, -0.2) is 0 Å². The molecule has 15 heavy (non-hydrogen) atoms. The van der Waals surface area contributed by atoms with E-state index in [4.69, 9.17) is 16.3 Å². The molecule has 0 aliphatic rings. The number of aliphatic hydroxyl groups excluding tert-OH is 1. The standard InChI is InChI=1S/C12H15ClO2/c1-2-12(14)10-4-6-11(7-5-10)15-9-3-8-13/h3-8,12,14H,2,9H2,1H3/t12-/m0/s1. The minimum Gasteiger partial charge on any atom is -0.490 e. The second-order valence-electron chi connectivity index (χ2n) is 3.17. The number of hydrogen-bond donors (Lipinski definition) is 1. The van der Waals surface area contributed by atoms with E-state index in [-0.39, 0.29) is 6.10 Å². The first-order valence-electron chi connectivity index (χ1n) is 4.94. The molecule has 2 nitrogen and oxygen atoms in total. The Labute approximate surface area is 95.1 Å². The van der Waals surface area contributed by atoms with Crippen molar-refractivity contribution < 1.29 is 9.84 Å². The van der Waals surface area contributed by atoms with Gasteiger partial charge in [-0.15, -0.1) is 0 Å². The molecule has 82 valence electrons. The van der Waals surface area contributed by atoms with Crippen LogP contribution in [0.25, 0.3) is 0 Å². The Hall–Kier alpha value is -0.990. The van der Waals surface area contributed by atoms with Crippen LogP contribution in [0.2, 0.25) is 0 Å². The van der Waals surface area contributed by atoms with Crippen molar-refractivity contribution >= 4 is 11.6 Å². The lowest BCUT2D eigenvalue weighted by Gasteiger charge is -2.09. The van der Waals surface area contributed by atoms with Crippen molar-refractivity contribution in [2.24, 2.45) is 0 Å². The summed E-state index contributed by atoms with van der Waals surface area (Å²) in [5.74, 6) is 0.775. The highest BCUT2D eigenvalue weighted by Gasteiger charge is 2.03. The zero-order valence-electron chi connectivity index (χ0n) is 8.69. The second kappa shape index (κ2) is 6.49. The van der Waals surface area contributed by atoms with Gasteiger partial charge >= 0.3 is 0 Å². The highest BCUT2D eigenvalue weighted by molar-refractivity contribution is 6.25. The van der Waals surface area contributed by atoms with Crippen molar-refractivity contribution in [2.75, 3.05) is 6.61 Å². The summed E-state index contributed by atoms with van der Waals surface area (Å²) >= 11 is 5.36. The van der Waals surface area contributed by atoms with Crippen molar-refractivity contribution in [1.82, 2.24) is 0 Å². The average molecular weight is 227 g/mol. The topological polar surface area (TPSA) is 29.5 Å². The molecule has 1 atom stereocenters. The average Bonchev–Trinajstić information content (AvgIpc) is 2.29. The number of aliphatic hydroxyl groups is 1. The maximum atomic E-state index is 9.56. The van der Waals surface area contributed by atoms with Gasteiger partial charge < -0.3 is 9.84 Å². The van der Waals surface area contributed by atoms with E-state index in [0.29, 0.717) is 6.61 Å². The molecule has 1 aromatic rings. The molecule has 1 rings (SSSR count). The van der Waals surface area contributed by atoms with Crippen LogP contribution in [0.4, 0.5) is 0 Å². The maximum absolute atomic E-state index is 9.56. The van der Waals surface area contributed by atoms with Gasteiger partial charge in [0.1, 0.15) is 12.4 Å². The fraction of sp³-hybridized carbons (Fsp3) is 0.333. The lowest BCUT2D eigenvalue weighted by Crippen LogP contribution is -1.96. The molecule has 3 heteroatoms. The van der Waals surface area contributed by atoms with Crippen LogP contribution in [0.3, 0.4) is 0 Å². The third-order valence-corrected chi connectivity index (χ3v) is 2.27. The van der Waals surface area contributed by atoms with Gasteiger partial charge in [-0.2, -0.15) is 0 Å². The Morgan fingerprint density at radius 1 is 1.40 bits per heavy atom. The predicted molar refractivity (Wildman–Crippen MR) is 62.2 cm³/mol. The molecule has 0 unspecified atom stereocenters. The van der Waals surface area contributed by atoms with Crippen molar-refractivity contribution in [3.8, 4) is 5.75 Å². The third kappa shape index (κ3) is 3.94. The molecular weight excluding hydrogens is 212 g/mol. The van der Waals surface area contributed by atoms with Crippen molar-refractivity contribution in [1.29, 1.82) is 0 Å². The Morgan fingerprint density at radius 2 is 2.07 bits per heavy atom. The smallest absolute Gasteiger partial charge is 0.119 e. The van der Waals surface area contributed by atoms with Crippen LogP contribution in [-0.2, 0) is 0 Å². The summed E-state index contributed by atoms with van der Waals surface area (Å²) in [6.45, 7) is 2.40. The van der Waals surface area contributed by atoms with E-state index in [1.807, 2.05) is 31.2 Å². The number of benzene rings is 1. The molecule has 0 saturated heterocycles. The molecule has 0 aliphatic carbocycles. The molecule has 1 aromatic carbocycles. The molecular formula is C12H15ClO2. The molecule has 0 amide bonds. The van der Waals surface area contributed by atoms with Crippen molar-refractivity contribution in [2.45, 2.75) is 19.4 Å². The Morgan fingerprint density at radius 3 is 2.60 bits per heavy atom. The van der Waals surface area contributed by atoms with E-state index in [1.165, 1.54) is 5.54 Å². The second-order valence-corrected chi connectivity index (χ2v) is 3.42. The van der Waals surface area contributed by atoms with Gasteiger partial charge in [-0.05, 0) is 30.2 Å². The molecule has 1 N–H and O–H groups in total. The maximum Gasteiger partial charge on any atom is 0.119 e. The predicted octanol–water partition coefficient (Wildman–Crippen LogP) is 3.26. The highest BCUT2D eigenvalue weighted by atomic mass is 35.5. The summed E-state index contributed by atoms with van der Waals surface area (Å²) in [5, 5.41) is 9.56. The van der Waals surface area contributed by atoms with Gasteiger partial charge in [0.15, 0.2) is 0 Å². The molecule has 0 saturated carbocycles. The third-order valence-electron chi connectivity index (χ3n) is 2.09. The van der Waals surface area contributed by atoms with E-state index < -0.39 is 0 Å². The van der Waals surface area contributed by atoms with Crippen LogP contribution >= 0.6 is 11.6 Å². The Balaban J connectivity index is 2.56. The first-order chi connectivity index (χ1) is 7.27. The summed E-state index contributed by atoms with van der Waals surface area (Å²) < 4.78 is 5.36. The minimum atomic E-state index is -0.387. The largest absolute Gasteiger partial charge is 0.490 e. The molecule has 0 spiro atoms. The van der Waals surface area contributed by atoms with Gasteiger partial charge in [-0.3, -0.25) is 0 Å². The molecule has 0 radical (unpaired) electrons. The van der Waals surface area contributed by atoms with Crippen molar-refractivity contribution in [3.05, 3.63) is 41.4 Å². The molecule has 0 heterocycles. The van der Waals surface area contributed by atoms with Crippen LogP contribution in [0.15, 0.2) is 35.9 Å². The van der Waals surface area contributed by atoms with Crippen LogP contribution in [0.5, 0.6) is 5.75 Å². The first-order valence-corrected chi connectivity index (χ1v) is 5.37. The number of halogens is 1. The fourth-order valence-electron chi connectivity index (χ4n) is 1.20. The SMILES string of the molecule is CC[C@H](O)c1ccc(OCC=CCl)cc1. The quantitative estimate of drug-likeness (QED) is 0.835.